The van der Waals surface area contributed by atoms with Gasteiger partial charge in [0.15, 0.2) is 0 Å². The molecule has 12 heavy (non-hydrogen) atoms. The smallest absolute Gasteiger partial charge is 0.240 e. The first-order valence-electron chi connectivity index (χ1n) is 3.60. The van der Waals surface area contributed by atoms with E-state index in [1.807, 2.05) is 13.0 Å². The lowest BCUT2D eigenvalue weighted by Gasteiger charge is -1.98. The van der Waals surface area contributed by atoms with Crippen LogP contribution in [-0.4, -0.2) is 16.0 Å². The van der Waals surface area contributed by atoms with Crippen molar-refractivity contribution in [2.75, 3.05) is 5.75 Å². The van der Waals surface area contributed by atoms with Gasteiger partial charge in [0, 0.05) is 5.75 Å². The quantitative estimate of drug-likeness (QED) is 0.690. The first kappa shape index (κ1) is 9.28. The Labute approximate surface area is 76.3 Å². The Bertz CT molecular complexity index is 271. The Balaban J connectivity index is 2.76. The molecule has 1 heterocycles. The summed E-state index contributed by atoms with van der Waals surface area (Å²) in [6.45, 7) is 1.88. The predicted molar refractivity (Wildman–Crippen MR) is 49.8 cm³/mol. The van der Waals surface area contributed by atoms with Gasteiger partial charge in [0.2, 0.25) is 11.8 Å². The molecule has 0 aliphatic heterocycles. The van der Waals surface area contributed by atoms with Gasteiger partial charge in [-0.15, -0.1) is 10.2 Å². The summed E-state index contributed by atoms with van der Waals surface area (Å²) >= 11 is 4.02. The van der Waals surface area contributed by atoms with Crippen molar-refractivity contribution in [3.8, 4) is 0 Å². The first-order valence-corrected chi connectivity index (χ1v) is 4.23. The SMILES string of the molecule is C/C=C/c1nnc(C(N)CS)o1. The van der Waals surface area contributed by atoms with E-state index >= 15 is 0 Å². The topological polar surface area (TPSA) is 64.9 Å². The zero-order valence-corrected chi connectivity index (χ0v) is 7.66. The van der Waals surface area contributed by atoms with Crippen molar-refractivity contribution >= 4 is 18.7 Å². The predicted octanol–water partition coefficient (Wildman–Crippen LogP) is 1.03. The van der Waals surface area contributed by atoms with Crippen LogP contribution in [0.4, 0.5) is 0 Å². The lowest BCUT2D eigenvalue weighted by atomic mass is 10.4. The Morgan fingerprint density at radius 1 is 1.67 bits per heavy atom. The number of hydrogen-bond donors (Lipinski definition) is 2. The minimum Gasteiger partial charge on any atom is -0.420 e. The summed E-state index contributed by atoms with van der Waals surface area (Å²) in [6.07, 6.45) is 3.55. The summed E-state index contributed by atoms with van der Waals surface area (Å²) in [7, 11) is 0. The largest absolute Gasteiger partial charge is 0.420 e. The molecule has 1 aromatic rings. The lowest BCUT2D eigenvalue weighted by Crippen LogP contribution is -2.11. The fourth-order valence-electron chi connectivity index (χ4n) is 0.684. The highest BCUT2D eigenvalue weighted by atomic mass is 32.1. The number of rotatable bonds is 3. The number of aromatic nitrogens is 2. The van der Waals surface area contributed by atoms with Gasteiger partial charge in [0.05, 0.1) is 6.04 Å². The zero-order valence-electron chi connectivity index (χ0n) is 6.77. The molecule has 1 unspecified atom stereocenters. The van der Waals surface area contributed by atoms with Crippen LogP contribution in [0.25, 0.3) is 6.08 Å². The van der Waals surface area contributed by atoms with E-state index in [2.05, 4.69) is 22.8 Å². The average Bonchev–Trinajstić information content (AvgIpc) is 2.52. The van der Waals surface area contributed by atoms with Crippen molar-refractivity contribution < 1.29 is 4.42 Å². The van der Waals surface area contributed by atoms with E-state index in [4.69, 9.17) is 10.2 Å². The molecule has 4 nitrogen and oxygen atoms in total. The molecule has 1 aromatic heterocycles. The summed E-state index contributed by atoms with van der Waals surface area (Å²) in [5.74, 6) is 1.40. The minimum atomic E-state index is -0.278. The Hall–Kier alpha value is -0.810. The van der Waals surface area contributed by atoms with Crippen LogP contribution < -0.4 is 5.73 Å². The Morgan fingerprint density at radius 2 is 2.42 bits per heavy atom. The Kier molecular flexibility index (Phi) is 3.31. The molecule has 0 spiro atoms. The van der Waals surface area contributed by atoms with Crippen molar-refractivity contribution in [3.05, 3.63) is 17.9 Å². The van der Waals surface area contributed by atoms with Crippen LogP contribution in [0.5, 0.6) is 0 Å². The van der Waals surface area contributed by atoms with E-state index in [9.17, 15) is 0 Å². The summed E-state index contributed by atoms with van der Waals surface area (Å²) in [6, 6.07) is -0.278. The van der Waals surface area contributed by atoms with Crippen LogP contribution in [0.15, 0.2) is 10.5 Å². The lowest BCUT2D eigenvalue weighted by molar-refractivity contribution is 0.459. The molecule has 0 saturated heterocycles. The van der Waals surface area contributed by atoms with Gasteiger partial charge in [-0.3, -0.25) is 0 Å². The normalized spacial score (nSPS) is 13.9. The molecule has 0 bridgehead atoms. The number of thiol groups is 1. The van der Waals surface area contributed by atoms with Gasteiger partial charge in [-0.25, -0.2) is 0 Å². The summed E-state index contributed by atoms with van der Waals surface area (Å²) in [4.78, 5) is 0. The molecule has 0 aromatic carbocycles. The summed E-state index contributed by atoms with van der Waals surface area (Å²) in [5.41, 5.74) is 5.61. The molecule has 1 rings (SSSR count). The second kappa shape index (κ2) is 4.27. The molecule has 0 aliphatic carbocycles. The van der Waals surface area contributed by atoms with Gasteiger partial charge in [-0.05, 0) is 13.0 Å². The maximum Gasteiger partial charge on any atom is 0.240 e. The molecule has 5 heteroatoms. The summed E-state index contributed by atoms with van der Waals surface area (Å²) in [5, 5.41) is 7.52. The fraction of sp³-hybridized carbons (Fsp3) is 0.429. The molecule has 0 aliphatic rings. The van der Waals surface area contributed by atoms with E-state index in [0.717, 1.165) is 0 Å². The molecule has 1 atom stereocenters. The van der Waals surface area contributed by atoms with Crippen LogP contribution in [0.1, 0.15) is 24.7 Å². The minimum absolute atomic E-state index is 0.278. The third-order valence-corrected chi connectivity index (χ3v) is 1.67. The zero-order chi connectivity index (χ0) is 8.97. The highest BCUT2D eigenvalue weighted by Crippen LogP contribution is 2.10. The van der Waals surface area contributed by atoms with E-state index in [1.54, 1.807) is 6.08 Å². The molecule has 0 radical (unpaired) electrons. The van der Waals surface area contributed by atoms with Gasteiger partial charge in [-0.2, -0.15) is 12.6 Å². The average molecular weight is 185 g/mol. The standard InChI is InChI=1S/C7H11N3OS/c1-2-3-6-9-10-7(11-6)5(8)4-12/h2-3,5,12H,4,8H2,1H3/b3-2+. The van der Waals surface area contributed by atoms with Crippen LogP contribution in [-0.2, 0) is 0 Å². The van der Waals surface area contributed by atoms with Gasteiger partial charge >= 0.3 is 0 Å². The van der Waals surface area contributed by atoms with Crippen molar-refractivity contribution in [3.63, 3.8) is 0 Å². The molecule has 66 valence electrons. The van der Waals surface area contributed by atoms with Crippen LogP contribution in [0.3, 0.4) is 0 Å². The third kappa shape index (κ3) is 2.09. The van der Waals surface area contributed by atoms with E-state index in [-0.39, 0.29) is 6.04 Å². The molecule has 0 fully saturated rings. The second-order valence-electron chi connectivity index (χ2n) is 2.27. The van der Waals surface area contributed by atoms with Crippen LogP contribution >= 0.6 is 12.6 Å². The van der Waals surface area contributed by atoms with Gasteiger partial charge < -0.3 is 10.2 Å². The maximum atomic E-state index is 5.61. The van der Waals surface area contributed by atoms with Crippen LogP contribution in [0.2, 0.25) is 0 Å². The number of allylic oxidation sites excluding steroid dienone is 1. The second-order valence-corrected chi connectivity index (χ2v) is 2.63. The van der Waals surface area contributed by atoms with Crippen LogP contribution in [0, 0.1) is 0 Å². The van der Waals surface area contributed by atoms with E-state index < -0.39 is 0 Å². The van der Waals surface area contributed by atoms with E-state index in [1.165, 1.54) is 0 Å². The monoisotopic (exact) mass is 185 g/mol. The molecule has 2 N–H and O–H groups in total. The maximum absolute atomic E-state index is 5.61. The fourth-order valence-corrected chi connectivity index (χ4v) is 0.841. The Morgan fingerprint density at radius 3 is 3.00 bits per heavy atom. The van der Waals surface area contributed by atoms with E-state index in [0.29, 0.717) is 17.5 Å². The molecule has 0 saturated carbocycles. The third-order valence-electron chi connectivity index (χ3n) is 1.28. The molecular weight excluding hydrogens is 174 g/mol. The van der Waals surface area contributed by atoms with Gasteiger partial charge in [-0.1, -0.05) is 6.08 Å². The highest BCUT2D eigenvalue weighted by molar-refractivity contribution is 7.80. The first-order chi connectivity index (χ1) is 5.77. The molecule has 0 amide bonds. The molecular formula is C7H11N3OS. The number of nitrogens with zero attached hydrogens (tertiary/aromatic N) is 2. The van der Waals surface area contributed by atoms with Crippen molar-refractivity contribution in [2.45, 2.75) is 13.0 Å². The van der Waals surface area contributed by atoms with Crippen molar-refractivity contribution in [1.29, 1.82) is 0 Å². The van der Waals surface area contributed by atoms with Crippen molar-refractivity contribution in [2.24, 2.45) is 5.73 Å². The van der Waals surface area contributed by atoms with Gasteiger partial charge in [0.1, 0.15) is 0 Å². The summed E-state index contributed by atoms with van der Waals surface area (Å²) < 4.78 is 5.19. The number of hydrogen-bond acceptors (Lipinski definition) is 5. The number of nitrogens with two attached hydrogens (primary N) is 1. The van der Waals surface area contributed by atoms with Crippen molar-refractivity contribution in [1.82, 2.24) is 10.2 Å². The van der Waals surface area contributed by atoms with Gasteiger partial charge in [0.25, 0.3) is 0 Å². The highest BCUT2D eigenvalue weighted by Gasteiger charge is 2.10.